The first kappa shape index (κ1) is 11.8. The van der Waals surface area contributed by atoms with Gasteiger partial charge in [-0.25, -0.2) is 0 Å². The summed E-state index contributed by atoms with van der Waals surface area (Å²) in [6.45, 7) is 7.85. The minimum absolute atomic E-state index is 0.0422. The van der Waals surface area contributed by atoms with E-state index in [4.69, 9.17) is 9.52 Å². The van der Waals surface area contributed by atoms with E-state index < -0.39 is 5.97 Å². The van der Waals surface area contributed by atoms with Gasteiger partial charge in [-0.2, -0.15) is 0 Å². The Morgan fingerprint density at radius 3 is 2.53 bits per heavy atom. The molecule has 1 unspecified atom stereocenters. The fourth-order valence-electron chi connectivity index (χ4n) is 1.54. The monoisotopic (exact) mass is 210 g/mol. The van der Waals surface area contributed by atoms with Crippen LogP contribution in [0.4, 0.5) is 0 Å². The molecule has 1 atom stereocenters. The maximum Gasteiger partial charge on any atom is 0.303 e. The summed E-state index contributed by atoms with van der Waals surface area (Å²) in [4.78, 5) is 10.7. The topological polar surface area (TPSA) is 50.4 Å². The largest absolute Gasteiger partial charge is 0.481 e. The fourth-order valence-corrected chi connectivity index (χ4v) is 1.54. The summed E-state index contributed by atoms with van der Waals surface area (Å²) in [5.41, 5.74) is -0.243. The Balaban J connectivity index is 2.86. The first-order valence-electron chi connectivity index (χ1n) is 5.12. The van der Waals surface area contributed by atoms with Gasteiger partial charge in [-0.1, -0.05) is 20.8 Å². The lowest BCUT2D eigenvalue weighted by Crippen LogP contribution is -2.28. The van der Waals surface area contributed by atoms with Crippen molar-refractivity contribution in [2.75, 3.05) is 0 Å². The molecule has 1 rings (SSSR count). The standard InChI is InChI=1S/C12H18O3/c1-8(7-11(13)14)12(3,4)10-6-5-9(2)15-10/h5-6,8H,7H2,1-4H3,(H,13,14). The van der Waals surface area contributed by atoms with E-state index in [2.05, 4.69) is 0 Å². The van der Waals surface area contributed by atoms with Crippen molar-refractivity contribution in [3.63, 3.8) is 0 Å². The van der Waals surface area contributed by atoms with Crippen LogP contribution in [0.25, 0.3) is 0 Å². The summed E-state index contributed by atoms with van der Waals surface area (Å²) in [7, 11) is 0. The molecule has 1 aromatic heterocycles. The summed E-state index contributed by atoms with van der Waals surface area (Å²) in [6, 6.07) is 3.83. The second-order valence-corrected chi connectivity index (χ2v) is 4.63. The zero-order chi connectivity index (χ0) is 11.6. The summed E-state index contributed by atoms with van der Waals surface area (Å²) < 4.78 is 5.56. The summed E-state index contributed by atoms with van der Waals surface area (Å²) in [5.74, 6) is 0.994. The lowest BCUT2D eigenvalue weighted by Gasteiger charge is -2.28. The number of aliphatic carboxylic acids is 1. The van der Waals surface area contributed by atoms with E-state index in [1.807, 2.05) is 39.8 Å². The van der Waals surface area contributed by atoms with E-state index in [1.54, 1.807) is 0 Å². The van der Waals surface area contributed by atoms with Gasteiger partial charge in [0.25, 0.3) is 0 Å². The summed E-state index contributed by atoms with van der Waals surface area (Å²) in [6.07, 6.45) is 0.159. The summed E-state index contributed by atoms with van der Waals surface area (Å²) >= 11 is 0. The third-order valence-electron chi connectivity index (χ3n) is 3.09. The van der Waals surface area contributed by atoms with Crippen molar-refractivity contribution in [3.8, 4) is 0 Å². The molecule has 0 radical (unpaired) electrons. The van der Waals surface area contributed by atoms with Crippen LogP contribution < -0.4 is 0 Å². The van der Waals surface area contributed by atoms with E-state index in [-0.39, 0.29) is 17.8 Å². The molecule has 0 aromatic carbocycles. The number of furan rings is 1. The Morgan fingerprint density at radius 1 is 1.53 bits per heavy atom. The third kappa shape index (κ3) is 2.61. The lowest BCUT2D eigenvalue weighted by molar-refractivity contribution is -0.138. The first-order valence-corrected chi connectivity index (χ1v) is 5.12. The highest BCUT2D eigenvalue weighted by atomic mass is 16.4. The Kier molecular flexibility index (Phi) is 3.22. The van der Waals surface area contributed by atoms with Crippen molar-refractivity contribution in [2.24, 2.45) is 5.92 Å². The zero-order valence-corrected chi connectivity index (χ0v) is 9.70. The highest BCUT2D eigenvalue weighted by Crippen LogP contribution is 2.34. The molecule has 3 heteroatoms. The van der Waals surface area contributed by atoms with E-state index in [0.717, 1.165) is 11.5 Å². The quantitative estimate of drug-likeness (QED) is 0.831. The second-order valence-electron chi connectivity index (χ2n) is 4.63. The molecular weight excluding hydrogens is 192 g/mol. The molecule has 0 saturated carbocycles. The van der Waals surface area contributed by atoms with Crippen LogP contribution in [0.3, 0.4) is 0 Å². The molecule has 3 nitrogen and oxygen atoms in total. The maximum absolute atomic E-state index is 10.7. The molecule has 0 amide bonds. The van der Waals surface area contributed by atoms with Gasteiger partial charge in [-0.15, -0.1) is 0 Å². The van der Waals surface area contributed by atoms with Gasteiger partial charge >= 0.3 is 5.97 Å². The molecular formula is C12H18O3. The predicted molar refractivity (Wildman–Crippen MR) is 57.9 cm³/mol. The van der Waals surface area contributed by atoms with Crippen LogP contribution in [0.5, 0.6) is 0 Å². The Labute approximate surface area is 90.1 Å². The SMILES string of the molecule is Cc1ccc(C(C)(C)C(C)CC(=O)O)o1. The third-order valence-corrected chi connectivity index (χ3v) is 3.09. The molecule has 0 aliphatic carbocycles. The Hall–Kier alpha value is -1.25. The number of carboxylic acid groups (broad SMARTS) is 1. The van der Waals surface area contributed by atoms with Gasteiger partial charge in [-0.05, 0) is 25.0 Å². The summed E-state index contributed by atoms with van der Waals surface area (Å²) in [5, 5.41) is 8.77. The van der Waals surface area contributed by atoms with Crippen LogP contribution in [0.1, 0.15) is 38.7 Å². The van der Waals surface area contributed by atoms with Gasteiger partial charge in [0.05, 0.1) is 0 Å². The molecule has 0 aliphatic rings. The van der Waals surface area contributed by atoms with Gasteiger partial charge in [0, 0.05) is 11.8 Å². The van der Waals surface area contributed by atoms with Crippen molar-refractivity contribution in [3.05, 3.63) is 23.7 Å². The van der Waals surface area contributed by atoms with E-state index >= 15 is 0 Å². The van der Waals surface area contributed by atoms with Crippen molar-refractivity contribution in [1.82, 2.24) is 0 Å². The number of hydrogen-bond acceptors (Lipinski definition) is 2. The van der Waals surface area contributed by atoms with Crippen LogP contribution in [-0.2, 0) is 10.2 Å². The van der Waals surface area contributed by atoms with Gasteiger partial charge in [0.15, 0.2) is 0 Å². The van der Waals surface area contributed by atoms with Crippen LogP contribution >= 0.6 is 0 Å². The highest BCUT2D eigenvalue weighted by molar-refractivity contribution is 5.67. The van der Waals surface area contributed by atoms with E-state index in [9.17, 15) is 4.79 Å². The average Bonchev–Trinajstić information content (AvgIpc) is 2.50. The van der Waals surface area contributed by atoms with Gasteiger partial charge in [-0.3, -0.25) is 4.79 Å². The average molecular weight is 210 g/mol. The Morgan fingerprint density at radius 2 is 2.13 bits per heavy atom. The molecule has 1 aromatic rings. The number of hydrogen-bond donors (Lipinski definition) is 1. The second kappa shape index (κ2) is 4.09. The molecule has 0 bridgehead atoms. The van der Waals surface area contributed by atoms with Crippen LogP contribution in [0, 0.1) is 12.8 Å². The minimum atomic E-state index is -0.765. The molecule has 1 N–H and O–H groups in total. The molecule has 0 fully saturated rings. The van der Waals surface area contributed by atoms with Crippen molar-refractivity contribution >= 4 is 5.97 Å². The minimum Gasteiger partial charge on any atom is -0.481 e. The van der Waals surface area contributed by atoms with Crippen LogP contribution in [0.15, 0.2) is 16.5 Å². The molecule has 0 aliphatic heterocycles. The van der Waals surface area contributed by atoms with Gasteiger partial charge in [0.1, 0.15) is 11.5 Å². The highest BCUT2D eigenvalue weighted by Gasteiger charge is 2.32. The Bertz CT molecular complexity index is 350. The first-order chi connectivity index (χ1) is 6.84. The number of carboxylic acids is 1. The fraction of sp³-hybridized carbons (Fsp3) is 0.583. The normalized spacial score (nSPS) is 13.9. The van der Waals surface area contributed by atoms with E-state index in [1.165, 1.54) is 0 Å². The zero-order valence-electron chi connectivity index (χ0n) is 9.70. The van der Waals surface area contributed by atoms with Crippen LogP contribution in [-0.4, -0.2) is 11.1 Å². The number of aryl methyl sites for hydroxylation is 1. The van der Waals surface area contributed by atoms with Crippen molar-refractivity contribution in [1.29, 1.82) is 0 Å². The van der Waals surface area contributed by atoms with Crippen LogP contribution in [0.2, 0.25) is 0 Å². The number of rotatable bonds is 4. The van der Waals surface area contributed by atoms with Crippen molar-refractivity contribution < 1.29 is 14.3 Å². The van der Waals surface area contributed by atoms with E-state index in [0.29, 0.717) is 0 Å². The van der Waals surface area contributed by atoms with Crippen molar-refractivity contribution in [2.45, 2.75) is 39.5 Å². The number of carbonyl (C=O) groups is 1. The van der Waals surface area contributed by atoms with Gasteiger partial charge < -0.3 is 9.52 Å². The molecule has 0 saturated heterocycles. The maximum atomic E-state index is 10.7. The lowest BCUT2D eigenvalue weighted by atomic mass is 9.76. The molecule has 15 heavy (non-hydrogen) atoms. The smallest absolute Gasteiger partial charge is 0.303 e. The van der Waals surface area contributed by atoms with Gasteiger partial charge in [0.2, 0.25) is 0 Å². The molecule has 1 heterocycles. The molecule has 0 spiro atoms. The predicted octanol–water partition coefficient (Wildman–Crippen LogP) is 2.98. The molecule has 84 valence electrons.